The van der Waals surface area contributed by atoms with Gasteiger partial charge in [0.1, 0.15) is 16.5 Å². The Bertz CT molecular complexity index is 1160. The van der Waals surface area contributed by atoms with E-state index >= 15 is 0 Å². The number of nitrogens with zero attached hydrogens (tertiary/aromatic N) is 3. The molecule has 1 aliphatic rings. The molecule has 1 aliphatic carbocycles. The van der Waals surface area contributed by atoms with Crippen molar-refractivity contribution in [2.75, 3.05) is 5.32 Å². The van der Waals surface area contributed by atoms with E-state index in [0.29, 0.717) is 6.54 Å². The maximum atomic E-state index is 4.96. The minimum Gasteiger partial charge on any atom is -0.364 e. The summed E-state index contributed by atoms with van der Waals surface area (Å²) in [4.78, 5) is 18.2. The van der Waals surface area contributed by atoms with E-state index in [1.807, 2.05) is 35.7 Å². The van der Waals surface area contributed by atoms with Crippen LogP contribution in [0.3, 0.4) is 0 Å². The molecule has 0 spiro atoms. The van der Waals surface area contributed by atoms with Gasteiger partial charge in [-0.05, 0) is 67.6 Å². The highest BCUT2D eigenvalue weighted by Crippen LogP contribution is 2.39. The van der Waals surface area contributed by atoms with Gasteiger partial charge in [0, 0.05) is 20.4 Å². The first-order valence-electron chi connectivity index (χ1n) is 10.1. The molecular weight excluding hydrogens is 476 g/mol. The van der Waals surface area contributed by atoms with Gasteiger partial charge < -0.3 is 5.32 Å². The fraction of sp³-hybridized carbons (Fsp3) is 0.261. The first-order chi connectivity index (χ1) is 14.8. The van der Waals surface area contributed by atoms with Crippen LogP contribution in [0, 0.1) is 0 Å². The number of fused-ring (bicyclic) bond motifs is 3. The van der Waals surface area contributed by atoms with Crippen LogP contribution in [-0.2, 0) is 25.1 Å². The second kappa shape index (κ2) is 9.04. The zero-order valence-corrected chi connectivity index (χ0v) is 19.6. The van der Waals surface area contributed by atoms with Crippen LogP contribution in [-0.4, -0.2) is 15.0 Å². The second-order valence-corrected chi connectivity index (χ2v) is 10.3. The van der Waals surface area contributed by atoms with Gasteiger partial charge in [0.05, 0.1) is 23.4 Å². The number of aromatic nitrogens is 3. The molecule has 0 atom stereocenters. The molecule has 3 aromatic heterocycles. The van der Waals surface area contributed by atoms with Crippen molar-refractivity contribution in [3.05, 3.63) is 75.1 Å². The molecular formula is C23H21BrN4S2. The molecule has 4 aromatic rings. The van der Waals surface area contributed by atoms with Crippen molar-refractivity contribution in [1.29, 1.82) is 0 Å². The minimum absolute atomic E-state index is 0.664. The quantitative estimate of drug-likeness (QED) is 0.303. The maximum absolute atomic E-state index is 4.96. The third-order valence-electron chi connectivity index (χ3n) is 5.21. The Morgan fingerprint density at radius 3 is 2.73 bits per heavy atom. The average molecular weight is 497 g/mol. The molecule has 30 heavy (non-hydrogen) atoms. The van der Waals surface area contributed by atoms with Gasteiger partial charge in [-0.3, -0.25) is 4.98 Å². The van der Waals surface area contributed by atoms with Gasteiger partial charge >= 0.3 is 0 Å². The molecule has 0 saturated carbocycles. The number of benzene rings is 1. The molecule has 0 amide bonds. The van der Waals surface area contributed by atoms with Gasteiger partial charge in [0.25, 0.3) is 0 Å². The van der Waals surface area contributed by atoms with Crippen LogP contribution >= 0.6 is 39.0 Å². The van der Waals surface area contributed by atoms with Crippen LogP contribution < -0.4 is 5.32 Å². The minimum atomic E-state index is 0.664. The van der Waals surface area contributed by atoms with Crippen LogP contribution in [0.15, 0.2) is 58.0 Å². The Morgan fingerprint density at radius 2 is 1.90 bits per heavy atom. The molecule has 0 radical (unpaired) electrons. The van der Waals surface area contributed by atoms with E-state index in [2.05, 4.69) is 50.5 Å². The normalized spacial score (nSPS) is 13.4. The lowest BCUT2D eigenvalue weighted by molar-refractivity contribution is 0.700. The lowest BCUT2D eigenvalue weighted by Gasteiger charge is -2.13. The summed E-state index contributed by atoms with van der Waals surface area (Å²) in [5.41, 5.74) is 2.47. The topological polar surface area (TPSA) is 50.7 Å². The first kappa shape index (κ1) is 20.0. The number of anilines is 1. The molecule has 0 saturated heterocycles. The maximum Gasteiger partial charge on any atom is 0.142 e. The molecule has 1 N–H and O–H groups in total. The van der Waals surface area contributed by atoms with Gasteiger partial charge in [-0.2, -0.15) is 0 Å². The number of thioether (sulfide) groups is 1. The molecule has 0 aliphatic heterocycles. The molecule has 7 heteroatoms. The standard InChI is InChI=1S/C23H21BrN4S2/c24-15-8-10-17(11-9-15)29-14-20-27-22(26-13-16-5-3-4-12-25-16)21-18-6-1-2-7-19(18)30-23(21)28-20/h3-5,8-12H,1-2,6-7,13-14H2,(H,26,27,28). The van der Waals surface area contributed by atoms with E-state index in [9.17, 15) is 0 Å². The Kier molecular flexibility index (Phi) is 6.02. The molecule has 3 heterocycles. The number of thiophene rings is 1. The lowest BCUT2D eigenvalue weighted by atomic mass is 9.97. The van der Waals surface area contributed by atoms with Gasteiger partial charge in [-0.1, -0.05) is 22.0 Å². The summed E-state index contributed by atoms with van der Waals surface area (Å²) >= 11 is 7.12. The van der Waals surface area contributed by atoms with Crippen molar-refractivity contribution in [2.24, 2.45) is 0 Å². The van der Waals surface area contributed by atoms with Crippen molar-refractivity contribution in [3.63, 3.8) is 0 Å². The Hall–Kier alpha value is -1.96. The van der Waals surface area contributed by atoms with Crippen molar-refractivity contribution in [1.82, 2.24) is 15.0 Å². The van der Waals surface area contributed by atoms with Gasteiger partial charge in [-0.25, -0.2) is 9.97 Å². The molecule has 4 nitrogen and oxygen atoms in total. The average Bonchev–Trinajstić information content (AvgIpc) is 3.16. The van der Waals surface area contributed by atoms with E-state index in [0.717, 1.165) is 38.8 Å². The molecule has 0 unspecified atom stereocenters. The van der Waals surface area contributed by atoms with E-state index in [4.69, 9.17) is 9.97 Å². The van der Waals surface area contributed by atoms with Gasteiger partial charge in [0.15, 0.2) is 0 Å². The van der Waals surface area contributed by atoms with E-state index < -0.39 is 0 Å². The summed E-state index contributed by atoms with van der Waals surface area (Å²) < 4.78 is 1.09. The van der Waals surface area contributed by atoms with Crippen LogP contribution in [0.2, 0.25) is 0 Å². The molecule has 1 aromatic carbocycles. The van der Waals surface area contributed by atoms with Gasteiger partial charge in [0.2, 0.25) is 0 Å². The number of aryl methyl sites for hydroxylation is 2. The third kappa shape index (κ3) is 4.38. The number of nitrogens with one attached hydrogen (secondary N) is 1. The van der Waals surface area contributed by atoms with E-state index in [-0.39, 0.29) is 0 Å². The fourth-order valence-corrected chi connectivity index (χ4v) is 6.05. The van der Waals surface area contributed by atoms with Crippen molar-refractivity contribution < 1.29 is 0 Å². The number of pyridine rings is 1. The third-order valence-corrected chi connectivity index (χ3v) is 7.93. The first-order valence-corrected chi connectivity index (χ1v) is 12.7. The Morgan fingerprint density at radius 1 is 1.03 bits per heavy atom. The molecule has 0 bridgehead atoms. The summed E-state index contributed by atoms with van der Waals surface area (Å²) in [5, 5.41) is 4.79. The zero-order chi connectivity index (χ0) is 20.3. The monoisotopic (exact) mass is 496 g/mol. The predicted molar refractivity (Wildman–Crippen MR) is 129 cm³/mol. The zero-order valence-electron chi connectivity index (χ0n) is 16.4. The van der Waals surface area contributed by atoms with Crippen LogP contribution in [0.1, 0.15) is 34.8 Å². The van der Waals surface area contributed by atoms with E-state index in [1.54, 1.807) is 11.8 Å². The predicted octanol–water partition coefficient (Wildman–Crippen LogP) is 6.63. The van der Waals surface area contributed by atoms with Crippen molar-refractivity contribution in [3.8, 4) is 0 Å². The SMILES string of the molecule is Brc1ccc(SCc2nc(NCc3ccccn3)c3c4c(sc3n2)CCCC4)cc1. The highest BCUT2D eigenvalue weighted by molar-refractivity contribution is 9.10. The van der Waals surface area contributed by atoms with Crippen LogP contribution in [0.4, 0.5) is 5.82 Å². The second-order valence-electron chi connectivity index (χ2n) is 7.30. The molecule has 152 valence electrons. The highest BCUT2D eigenvalue weighted by Gasteiger charge is 2.21. The summed E-state index contributed by atoms with van der Waals surface area (Å²) in [6, 6.07) is 14.4. The van der Waals surface area contributed by atoms with Crippen LogP contribution in [0.25, 0.3) is 10.2 Å². The lowest BCUT2D eigenvalue weighted by Crippen LogP contribution is -2.07. The number of rotatable bonds is 6. The van der Waals surface area contributed by atoms with Crippen molar-refractivity contribution in [2.45, 2.75) is 42.9 Å². The highest BCUT2D eigenvalue weighted by atomic mass is 79.9. The van der Waals surface area contributed by atoms with Crippen molar-refractivity contribution >= 4 is 55.1 Å². The summed E-state index contributed by atoms with van der Waals surface area (Å²) in [6.45, 7) is 0.664. The van der Waals surface area contributed by atoms with Gasteiger partial charge in [-0.15, -0.1) is 23.1 Å². The summed E-state index contributed by atoms with van der Waals surface area (Å²) in [6.07, 6.45) is 6.65. The molecule has 0 fully saturated rings. The summed E-state index contributed by atoms with van der Waals surface area (Å²) in [5.74, 6) is 2.58. The Labute approximate surface area is 192 Å². The summed E-state index contributed by atoms with van der Waals surface area (Å²) in [7, 11) is 0. The number of hydrogen-bond donors (Lipinski definition) is 1. The Balaban J connectivity index is 1.46. The van der Waals surface area contributed by atoms with Crippen LogP contribution in [0.5, 0.6) is 0 Å². The fourth-order valence-electron chi connectivity index (χ4n) is 3.75. The number of hydrogen-bond acceptors (Lipinski definition) is 6. The molecule has 5 rings (SSSR count). The van der Waals surface area contributed by atoms with E-state index in [1.165, 1.54) is 40.0 Å². The largest absolute Gasteiger partial charge is 0.364 e. The smallest absolute Gasteiger partial charge is 0.142 e. The number of halogens is 1.